The van der Waals surface area contributed by atoms with Crippen molar-refractivity contribution in [3.05, 3.63) is 35.9 Å². The summed E-state index contributed by atoms with van der Waals surface area (Å²) in [5.41, 5.74) is 1.11. The van der Waals surface area contributed by atoms with Crippen LogP contribution in [-0.2, 0) is 9.59 Å². The van der Waals surface area contributed by atoms with Gasteiger partial charge in [-0.25, -0.2) is 0 Å². The summed E-state index contributed by atoms with van der Waals surface area (Å²) < 4.78 is 0. The highest BCUT2D eigenvalue weighted by atomic mass is 16.2. The van der Waals surface area contributed by atoms with Crippen LogP contribution < -0.4 is 0 Å². The van der Waals surface area contributed by atoms with Crippen LogP contribution in [-0.4, -0.2) is 41.2 Å². The Morgan fingerprint density at radius 2 is 1.86 bits per heavy atom. The van der Waals surface area contributed by atoms with E-state index < -0.39 is 0 Å². The highest BCUT2D eigenvalue weighted by molar-refractivity contribution is 5.78. The monoisotopic (exact) mass is 286 g/mol. The fourth-order valence-corrected chi connectivity index (χ4v) is 3.04. The van der Waals surface area contributed by atoms with Crippen LogP contribution in [0.3, 0.4) is 0 Å². The number of hydrogen-bond acceptors (Lipinski definition) is 2. The third kappa shape index (κ3) is 3.26. The van der Waals surface area contributed by atoms with Crippen LogP contribution in [0, 0.1) is 5.92 Å². The molecule has 4 nitrogen and oxygen atoms in total. The van der Waals surface area contributed by atoms with Gasteiger partial charge in [-0.05, 0) is 24.3 Å². The zero-order chi connectivity index (χ0) is 14.8. The fourth-order valence-electron chi connectivity index (χ4n) is 3.04. The van der Waals surface area contributed by atoms with Gasteiger partial charge in [0.05, 0.1) is 6.04 Å². The average molecular weight is 286 g/mol. The van der Waals surface area contributed by atoms with E-state index >= 15 is 0 Å². The molecule has 4 heteroatoms. The summed E-state index contributed by atoms with van der Waals surface area (Å²) in [5.74, 6) is 0.943. The van der Waals surface area contributed by atoms with Crippen LogP contribution in [0.2, 0.25) is 0 Å². The third-order valence-corrected chi connectivity index (χ3v) is 4.48. The highest BCUT2D eigenvalue weighted by Gasteiger charge is 2.34. The van der Waals surface area contributed by atoms with Crippen LogP contribution in [0.15, 0.2) is 30.3 Å². The molecule has 2 aliphatic rings. The smallest absolute Gasteiger partial charge is 0.222 e. The van der Waals surface area contributed by atoms with Crippen molar-refractivity contribution in [2.24, 2.45) is 5.92 Å². The van der Waals surface area contributed by atoms with Crippen molar-refractivity contribution >= 4 is 11.8 Å². The Kier molecular flexibility index (Phi) is 3.95. The molecule has 0 bridgehead atoms. The number of rotatable bonds is 3. The Bertz CT molecular complexity index is 525. The molecule has 1 heterocycles. The second-order valence-corrected chi connectivity index (χ2v) is 6.13. The first-order valence-electron chi connectivity index (χ1n) is 7.75. The lowest BCUT2D eigenvalue weighted by atomic mass is 10.0. The molecule has 1 aliphatic carbocycles. The minimum atomic E-state index is -0.0133. The predicted molar refractivity (Wildman–Crippen MR) is 80.5 cm³/mol. The summed E-state index contributed by atoms with van der Waals surface area (Å²) in [6.45, 7) is 3.52. The largest absolute Gasteiger partial charge is 0.338 e. The van der Waals surface area contributed by atoms with Crippen molar-refractivity contribution in [3.63, 3.8) is 0 Å². The maximum Gasteiger partial charge on any atom is 0.222 e. The molecule has 1 saturated heterocycles. The minimum Gasteiger partial charge on any atom is -0.338 e. The molecule has 0 aromatic heterocycles. The summed E-state index contributed by atoms with van der Waals surface area (Å²) in [5, 5.41) is 0. The van der Waals surface area contributed by atoms with Gasteiger partial charge in [0.1, 0.15) is 0 Å². The lowest BCUT2D eigenvalue weighted by molar-refractivity contribution is -0.142. The van der Waals surface area contributed by atoms with E-state index in [9.17, 15) is 9.59 Å². The third-order valence-electron chi connectivity index (χ3n) is 4.48. The average Bonchev–Trinajstić information content (AvgIpc) is 3.31. The van der Waals surface area contributed by atoms with E-state index in [4.69, 9.17) is 0 Å². The molecular weight excluding hydrogens is 264 g/mol. The lowest BCUT2D eigenvalue weighted by Gasteiger charge is -2.41. The van der Waals surface area contributed by atoms with Gasteiger partial charge in [0.25, 0.3) is 0 Å². The number of hydrogen-bond donors (Lipinski definition) is 0. The number of nitrogens with zero attached hydrogens (tertiary/aromatic N) is 2. The zero-order valence-electron chi connectivity index (χ0n) is 12.5. The van der Waals surface area contributed by atoms with Gasteiger partial charge in [-0.15, -0.1) is 0 Å². The Morgan fingerprint density at radius 1 is 1.14 bits per heavy atom. The molecule has 1 atom stereocenters. The minimum absolute atomic E-state index is 0.0133. The molecule has 1 aromatic carbocycles. The molecule has 0 radical (unpaired) electrons. The summed E-state index contributed by atoms with van der Waals surface area (Å²) >= 11 is 0. The molecule has 3 rings (SSSR count). The Hall–Kier alpha value is -1.84. The van der Waals surface area contributed by atoms with Crippen LogP contribution in [0.4, 0.5) is 0 Å². The SMILES string of the molecule is CC(=O)N1CCN(C(=O)CC2CC2)CC1c1ccccc1. The maximum absolute atomic E-state index is 12.3. The molecule has 1 aromatic rings. The van der Waals surface area contributed by atoms with E-state index in [0.29, 0.717) is 32.0 Å². The second kappa shape index (κ2) is 5.88. The molecular formula is C17H22N2O2. The van der Waals surface area contributed by atoms with Crippen molar-refractivity contribution in [3.8, 4) is 0 Å². The van der Waals surface area contributed by atoms with Gasteiger partial charge < -0.3 is 9.80 Å². The second-order valence-electron chi connectivity index (χ2n) is 6.13. The van der Waals surface area contributed by atoms with Crippen LogP contribution in [0.25, 0.3) is 0 Å². The van der Waals surface area contributed by atoms with Crippen LogP contribution >= 0.6 is 0 Å². The van der Waals surface area contributed by atoms with Crippen molar-refractivity contribution in [1.82, 2.24) is 9.80 Å². The number of piperazine rings is 1. The normalized spacial score (nSPS) is 22.2. The highest BCUT2D eigenvalue weighted by Crippen LogP contribution is 2.34. The molecule has 0 N–H and O–H groups in total. The summed E-state index contributed by atoms with van der Waals surface area (Å²) in [4.78, 5) is 28.0. The predicted octanol–water partition coefficient (Wildman–Crippen LogP) is 2.22. The van der Waals surface area contributed by atoms with E-state index in [-0.39, 0.29) is 17.9 Å². The molecule has 2 fully saturated rings. The molecule has 1 aliphatic heterocycles. The first-order valence-corrected chi connectivity index (χ1v) is 7.75. The van der Waals surface area contributed by atoms with Gasteiger partial charge >= 0.3 is 0 Å². The molecule has 1 saturated carbocycles. The lowest BCUT2D eigenvalue weighted by Crippen LogP contribution is -2.51. The Balaban J connectivity index is 1.75. The number of amides is 2. The summed E-state index contributed by atoms with van der Waals surface area (Å²) in [6, 6.07) is 10.0. The van der Waals surface area contributed by atoms with E-state index in [0.717, 1.165) is 5.56 Å². The summed E-state index contributed by atoms with van der Waals surface area (Å²) in [6.07, 6.45) is 3.07. The zero-order valence-corrected chi connectivity index (χ0v) is 12.5. The first kappa shape index (κ1) is 14.1. The van der Waals surface area contributed by atoms with E-state index in [1.807, 2.05) is 40.1 Å². The van der Waals surface area contributed by atoms with Gasteiger partial charge in [-0.3, -0.25) is 9.59 Å². The fraction of sp³-hybridized carbons (Fsp3) is 0.529. The summed E-state index contributed by atoms with van der Waals surface area (Å²) in [7, 11) is 0. The maximum atomic E-state index is 12.3. The van der Waals surface area contributed by atoms with Crippen molar-refractivity contribution in [2.75, 3.05) is 19.6 Å². The number of carbonyl (C=O) groups excluding carboxylic acids is 2. The van der Waals surface area contributed by atoms with E-state index in [1.165, 1.54) is 12.8 Å². The van der Waals surface area contributed by atoms with Crippen molar-refractivity contribution in [2.45, 2.75) is 32.2 Å². The first-order chi connectivity index (χ1) is 10.1. The molecule has 21 heavy (non-hydrogen) atoms. The molecule has 2 amide bonds. The molecule has 0 spiro atoms. The van der Waals surface area contributed by atoms with Crippen LogP contribution in [0.1, 0.15) is 37.8 Å². The van der Waals surface area contributed by atoms with Gasteiger partial charge in [0, 0.05) is 33.0 Å². The van der Waals surface area contributed by atoms with Gasteiger partial charge in [0.15, 0.2) is 0 Å². The standard InChI is InChI=1S/C17H22N2O2/c1-13(20)19-10-9-18(17(21)11-14-7-8-14)12-16(19)15-5-3-2-4-6-15/h2-6,14,16H,7-12H2,1H3. The number of carbonyl (C=O) groups is 2. The van der Waals surface area contributed by atoms with Gasteiger partial charge in [0.2, 0.25) is 11.8 Å². The topological polar surface area (TPSA) is 40.6 Å². The number of benzene rings is 1. The quantitative estimate of drug-likeness (QED) is 0.855. The van der Waals surface area contributed by atoms with Gasteiger partial charge in [-0.1, -0.05) is 30.3 Å². The Labute approximate surface area is 125 Å². The Morgan fingerprint density at radius 3 is 2.48 bits per heavy atom. The molecule has 112 valence electrons. The van der Waals surface area contributed by atoms with E-state index in [2.05, 4.69) is 0 Å². The van der Waals surface area contributed by atoms with E-state index in [1.54, 1.807) is 6.92 Å². The molecule has 1 unspecified atom stereocenters. The van der Waals surface area contributed by atoms with Crippen LogP contribution in [0.5, 0.6) is 0 Å². The van der Waals surface area contributed by atoms with Crippen molar-refractivity contribution in [1.29, 1.82) is 0 Å². The van der Waals surface area contributed by atoms with Gasteiger partial charge in [-0.2, -0.15) is 0 Å². The van der Waals surface area contributed by atoms with Crippen molar-refractivity contribution < 1.29 is 9.59 Å².